The van der Waals surface area contributed by atoms with Gasteiger partial charge in [0.25, 0.3) is 0 Å². The van der Waals surface area contributed by atoms with Crippen LogP contribution in [0, 0.1) is 18.6 Å². The number of benzene rings is 4. The van der Waals surface area contributed by atoms with E-state index in [1.54, 1.807) is 18.2 Å². The van der Waals surface area contributed by atoms with Crippen molar-refractivity contribution in [3.05, 3.63) is 119 Å². The summed E-state index contributed by atoms with van der Waals surface area (Å²) in [5.74, 6) is -0.896. The molecule has 4 rings (SSSR count). The molecule has 0 aliphatic heterocycles. The van der Waals surface area contributed by atoms with Crippen LogP contribution < -0.4 is 0 Å². The summed E-state index contributed by atoms with van der Waals surface area (Å²) in [6.45, 7) is 1.96. The molecular formula is C28H23F5. The highest BCUT2D eigenvalue weighted by Gasteiger charge is 2.30. The summed E-state index contributed by atoms with van der Waals surface area (Å²) in [6.07, 6.45) is -4.11. The maximum Gasteiger partial charge on any atom is 0.416 e. The molecule has 0 radical (unpaired) electrons. The van der Waals surface area contributed by atoms with Gasteiger partial charge in [0.05, 0.1) is 5.56 Å². The SMILES string of the molecule is Cc1ccc(-c2ccc(Cc3ccc(-c4ccc(C(F)(F)F)cc4)c(F)c3)cc2F)cc1.[3H]C[3H]. The second kappa shape index (κ2) is 9.57. The third kappa shape index (κ3) is 5.48. The van der Waals surface area contributed by atoms with Crippen LogP contribution >= 0.6 is 0 Å². The van der Waals surface area contributed by atoms with Crippen LogP contribution in [0.3, 0.4) is 0 Å². The van der Waals surface area contributed by atoms with Crippen molar-refractivity contribution >= 4 is 0 Å². The topological polar surface area (TPSA) is 0 Å². The van der Waals surface area contributed by atoms with Crippen molar-refractivity contribution in [2.24, 2.45) is 0 Å². The molecule has 0 fully saturated rings. The predicted molar refractivity (Wildman–Crippen MR) is 123 cm³/mol. The van der Waals surface area contributed by atoms with Crippen molar-refractivity contribution in [3.63, 3.8) is 0 Å². The fourth-order valence-corrected chi connectivity index (χ4v) is 3.61. The lowest BCUT2D eigenvalue weighted by molar-refractivity contribution is -0.137. The van der Waals surface area contributed by atoms with Crippen LogP contribution in [0.4, 0.5) is 22.0 Å². The third-order valence-electron chi connectivity index (χ3n) is 5.36. The summed E-state index contributed by atoms with van der Waals surface area (Å²) in [5.41, 5.74) is 3.49. The van der Waals surface area contributed by atoms with Crippen molar-refractivity contribution in [1.29, 1.82) is 0 Å². The molecule has 170 valence electrons. The zero-order valence-corrected chi connectivity index (χ0v) is 17.9. The number of alkyl halides is 3. The normalized spacial score (nSPS) is 11.8. The van der Waals surface area contributed by atoms with Gasteiger partial charge in [0.15, 0.2) is 0 Å². The van der Waals surface area contributed by atoms with Gasteiger partial charge in [-0.3, -0.25) is 0 Å². The highest BCUT2D eigenvalue weighted by atomic mass is 19.4. The summed E-state index contributed by atoms with van der Waals surface area (Å²) in [7, 11) is -0.250. The molecule has 0 aliphatic rings. The molecule has 0 unspecified atom stereocenters. The van der Waals surface area contributed by atoms with Crippen LogP contribution in [0.2, 0.25) is 0 Å². The van der Waals surface area contributed by atoms with E-state index in [-0.39, 0.29) is 18.8 Å². The van der Waals surface area contributed by atoms with E-state index in [0.29, 0.717) is 28.7 Å². The Labute approximate surface area is 193 Å². The highest BCUT2D eigenvalue weighted by Crippen LogP contribution is 2.32. The standard InChI is InChI=1S/C27H19F5.CH4/c1-17-2-6-20(7-3-17)23-12-4-18(15-25(23)28)14-19-5-13-24(26(29)16-19)21-8-10-22(11-9-21)27(30,31)32;/h2-13,15-16H,14H2,1H3;1H4/i;1T2. The van der Waals surface area contributed by atoms with Gasteiger partial charge < -0.3 is 0 Å². The van der Waals surface area contributed by atoms with E-state index in [1.165, 1.54) is 30.3 Å². The molecule has 0 aromatic heterocycles. The number of rotatable bonds is 4. The lowest BCUT2D eigenvalue weighted by Crippen LogP contribution is -2.04. The van der Waals surface area contributed by atoms with Gasteiger partial charge in [-0.2, -0.15) is 13.2 Å². The van der Waals surface area contributed by atoms with Crippen LogP contribution in [0.5, 0.6) is 0 Å². The summed E-state index contributed by atoms with van der Waals surface area (Å²) in [4.78, 5) is 0. The molecule has 0 saturated heterocycles. The number of halogens is 5. The summed E-state index contributed by atoms with van der Waals surface area (Å²) < 4.78 is 79.3. The average Bonchev–Trinajstić information content (AvgIpc) is 2.80. The molecule has 4 aromatic rings. The lowest BCUT2D eigenvalue weighted by Gasteiger charge is -2.10. The molecule has 33 heavy (non-hydrogen) atoms. The van der Waals surface area contributed by atoms with Crippen molar-refractivity contribution in [1.82, 2.24) is 0 Å². The van der Waals surface area contributed by atoms with E-state index in [2.05, 4.69) is 0 Å². The van der Waals surface area contributed by atoms with Gasteiger partial charge in [0.1, 0.15) is 11.6 Å². The molecular weight excluding hydrogens is 431 g/mol. The Morgan fingerprint density at radius 1 is 0.697 bits per heavy atom. The molecule has 0 aliphatic carbocycles. The second-order valence-electron chi connectivity index (χ2n) is 7.75. The Morgan fingerprint density at radius 2 is 1.12 bits per heavy atom. The minimum atomic E-state index is -4.44. The van der Waals surface area contributed by atoms with Gasteiger partial charge >= 0.3 is 6.18 Å². The van der Waals surface area contributed by atoms with Crippen LogP contribution in [-0.4, -0.2) is 0 Å². The first kappa shape index (κ1) is 21.4. The van der Waals surface area contributed by atoms with Gasteiger partial charge in [0, 0.05) is 13.9 Å². The van der Waals surface area contributed by atoms with Gasteiger partial charge in [-0.1, -0.05) is 73.6 Å². The Morgan fingerprint density at radius 3 is 1.52 bits per heavy atom. The van der Waals surface area contributed by atoms with E-state index in [0.717, 1.165) is 23.3 Å². The molecule has 0 spiro atoms. The zero-order chi connectivity index (χ0) is 25.6. The molecule has 5 heteroatoms. The number of hydrogen-bond donors (Lipinski definition) is 0. The van der Waals surface area contributed by atoms with Crippen LogP contribution in [0.1, 0.15) is 32.4 Å². The number of hydrogen-bond acceptors (Lipinski definition) is 0. The minimum Gasteiger partial charge on any atom is -0.206 e. The van der Waals surface area contributed by atoms with Crippen LogP contribution in [0.25, 0.3) is 22.3 Å². The zero-order valence-electron chi connectivity index (χ0n) is 19.9. The smallest absolute Gasteiger partial charge is 0.206 e. The predicted octanol–water partition coefficient (Wildman–Crippen LogP) is 8.85. The van der Waals surface area contributed by atoms with Gasteiger partial charge in [-0.15, -0.1) is 0 Å². The summed E-state index contributed by atoms with van der Waals surface area (Å²) >= 11 is 0. The maximum atomic E-state index is 14.7. The van der Waals surface area contributed by atoms with Gasteiger partial charge in [0.2, 0.25) is 0 Å². The first-order chi connectivity index (χ1) is 16.6. The molecule has 0 amide bonds. The van der Waals surface area contributed by atoms with E-state index in [4.69, 9.17) is 2.74 Å². The minimum absolute atomic E-state index is 0.211. The van der Waals surface area contributed by atoms with Crippen molar-refractivity contribution in [2.45, 2.75) is 26.9 Å². The Bertz CT molecular complexity index is 1260. The van der Waals surface area contributed by atoms with Gasteiger partial charge in [-0.25, -0.2) is 8.78 Å². The quantitative estimate of drug-likeness (QED) is 0.268. The highest BCUT2D eigenvalue weighted by molar-refractivity contribution is 5.66. The largest absolute Gasteiger partial charge is 0.416 e. The fourth-order valence-electron chi connectivity index (χ4n) is 3.61. The van der Waals surface area contributed by atoms with Crippen LogP contribution in [0.15, 0.2) is 84.9 Å². The van der Waals surface area contributed by atoms with E-state index in [9.17, 15) is 22.0 Å². The Hall–Kier alpha value is -3.47. The second-order valence-corrected chi connectivity index (χ2v) is 7.75. The molecule has 0 N–H and O–H groups in total. The van der Waals surface area contributed by atoms with E-state index >= 15 is 0 Å². The van der Waals surface area contributed by atoms with Crippen molar-refractivity contribution in [3.8, 4) is 22.3 Å². The number of aryl methyl sites for hydroxylation is 1. The Kier molecular flexibility index (Phi) is 6.20. The van der Waals surface area contributed by atoms with Crippen LogP contribution in [-0.2, 0) is 12.6 Å². The average molecular weight is 458 g/mol. The first-order valence-electron chi connectivity index (χ1n) is 11.4. The van der Waals surface area contributed by atoms with Crippen molar-refractivity contribution in [2.75, 3.05) is 0 Å². The monoisotopic (exact) mass is 458 g/mol. The van der Waals surface area contributed by atoms with Gasteiger partial charge in [-0.05, 0) is 59.9 Å². The maximum absolute atomic E-state index is 14.7. The molecule has 4 aromatic carbocycles. The lowest BCUT2D eigenvalue weighted by atomic mass is 9.97. The molecule has 0 saturated carbocycles. The molecule has 0 bridgehead atoms. The van der Waals surface area contributed by atoms with Crippen molar-refractivity contribution < 1.29 is 24.7 Å². The van der Waals surface area contributed by atoms with E-state index < -0.39 is 17.6 Å². The molecule has 0 nitrogen and oxygen atoms in total. The molecule has 0 heterocycles. The molecule has 0 atom stereocenters. The van der Waals surface area contributed by atoms with E-state index in [1.807, 2.05) is 31.2 Å². The first-order valence-corrected chi connectivity index (χ1v) is 10.0. The summed E-state index contributed by atoms with van der Waals surface area (Å²) in [6, 6.07) is 21.4. The third-order valence-corrected chi connectivity index (χ3v) is 5.36. The summed E-state index contributed by atoms with van der Waals surface area (Å²) in [5, 5.41) is 0. The fraction of sp³-hybridized carbons (Fsp3) is 0.143. The Balaban J connectivity index is 0.00000108.